The lowest BCUT2D eigenvalue weighted by Crippen LogP contribution is -2.16. The van der Waals surface area contributed by atoms with Crippen LogP contribution in [0.4, 0.5) is 17.1 Å². The van der Waals surface area contributed by atoms with Crippen LogP contribution >= 0.6 is 0 Å². The van der Waals surface area contributed by atoms with Crippen molar-refractivity contribution in [2.24, 2.45) is 0 Å². The molecule has 0 aliphatic heterocycles. The molecule has 0 radical (unpaired) electrons. The molecule has 0 amide bonds. The summed E-state index contributed by atoms with van der Waals surface area (Å²) in [5, 5.41) is 4.56. The number of furan rings is 1. The Balaban J connectivity index is 0.960. The maximum absolute atomic E-state index is 6.35. The molecule has 2 aromatic heterocycles. The second-order valence-electron chi connectivity index (χ2n) is 16.3. The summed E-state index contributed by atoms with van der Waals surface area (Å²) in [6.07, 6.45) is 0. The van der Waals surface area contributed by atoms with Crippen LogP contribution in [-0.2, 0) is 5.41 Å². The van der Waals surface area contributed by atoms with Gasteiger partial charge in [0.15, 0.2) is 5.58 Å². The Morgan fingerprint density at radius 2 is 1.08 bits per heavy atom. The van der Waals surface area contributed by atoms with Crippen LogP contribution in [0.2, 0.25) is 0 Å². The lowest BCUT2D eigenvalue weighted by molar-refractivity contribution is 0.617. The van der Waals surface area contributed by atoms with Gasteiger partial charge in [0.25, 0.3) is 0 Å². The molecule has 4 heteroatoms. The molecular weight excluding hydrogens is 733 g/mol. The topological polar surface area (TPSA) is 42.4 Å². The van der Waals surface area contributed by atoms with Crippen LogP contribution in [0.3, 0.4) is 0 Å². The zero-order valence-corrected chi connectivity index (χ0v) is 33.2. The number of nitrogens with zero attached hydrogens (tertiary/aromatic N) is 2. The fraction of sp³-hybridized carbons (Fsp3) is 0.0536. The molecule has 0 bridgehead atoms. The van der Waals surface area contributed by atoms with Crippen molar-refractivity contribution in [3.8, 4) is 44.8 Å². The van der Waals surface area contributed by atoms with Gasteiger partial charge in [-0.1, -0.05) is 141 Å². The van der Waals surface area contributed by atoms with E-state index in [1.54, 1.807) is 0 Å². The first kappa shape index (κ1) is 34.4. The van der Waals surface area contributed by atoms with Crippen LogP contribution in [0, 0.1) is 0 Å². The highest BCUT2D eigenvalue weighted by atomic mass is 16.4. The van der Waals surface area contributed by atoms with Gasteiger partial charge in [-0.05, 0) is 110 Å². The Morgan fingerprint density at radius 3 is 1.92 bits per heavy atom. The number of rotatable bonds is 6. The van der Waals surface area contributed by atoms with Crippen LogP contribution in [0.25, 0.3) is 88.6 Å². The van der Waals surface area contributed by atoms with Gasteiger partial charge in [0, 0.05) is 44.8 Å². The molecule has 60 heavy (non-hydrogen) atoms. The van der Waals surface area contributed by atoms with Gasteiger partial charge in [0.05, 0.1) is 5.69 Å². The quantitative estimate of drug-likeness (QED) is 0.169. The number of anilines is 3. The van der Waals surface area contributed by atoms with Crippen LogP contribution in [0.1, 0.15) is 25.0 Å². The van der Waals surface area contributed by atoms with Crippen LogP contribution in [-0.4, -0.2) is 4.98 Å². The Morgan fingerprint density at radius 1 is 0.433 bits per heavy atom. The van der Waals surface area contributed by atoms with Crippen molar-refractivity contribution < 1.29 is 8.83 Å². The summed E-state index contributed by atoms with van der Waals surface area (Å²) in [7, 11) is 0. The van der Waals surface area contributed by atoms with Gasteiger partial charge in [0.1, 0.15) is 16.7 Å². The maximum atomic E-state index is 6.35. The van der Waals surface area contributed by atoms with E-state index in [0.29, 0.717) is 11.5 Å². The van der Waals surface area contributed by atoms with Gasteiger partial charge in [-0.15, -0.1) is 0 Å². The van der Waals surface area contributed by atoms with E-state index in [9.17, 15) is 0 Å². The van der Waals surface area contributed by atoms with E-state index < -0.39 is 0 Å². The van der Waals surface area contributed by atoms with Crippen molar-refractivity contribution in [1.82, 2.24) is 4.98 Å². The van der Waals surface area contributed by atoms with E-state index in [0.717, 1.165) is 61.2 Å². The Kier molecular flexibility index (Phi) is 7.54. The van der Waals surface area contributed by atoms with Gasteiger partial charge in [-0.2, -0.15) is 0 Å². The van der Waals surface area contributed by atoms with E-state index in [1.807, 2.05) is 36.4 Å². The Hall–Kier alpha value is -7.69. The minimum Gasteiger partial charge on any atom is -0.456 e. The third-order valence-electron chi connectivity index (χ3n) is 12.5. The number of hydrogen-bond donors (Lipinski definition) is 0. The maximum Gasteiger partial charge on any atom is 0.227 e. The van der Waals surface area contributed by atoms with E-state index in [1.165, 1.54) is 44.2 Å². The molecule has 2 heterocycles. The van der Waals surface area contributed by atoms with Crippen molar-refractivity contribution >= 4 is 60.9 Å². The van der Waals surface area contributed by atoms with Crippen molar-refractivity contribution in [3.05, 3.63) is 205 Å². The summed E-state index contributed by atoms with van der Waals surface area (Å²) in [6, 6.07) is 69.4. The summed E-state index contributed by atoms with van der Waals surface area (Å²) >= 11 is 0. The molecule has 0 N–H and O–H groups in total. The molecule has 9 aromatic carbocycles. The number of oxazole rings is 1. The first-order chi connectivity index (χ1) is 29.5. The predicted molar refractivity (Wildman–Crippen MR) is 247 cm³/mol. The molecule has 0 fully saturated rings. The van der Waals surface area contributed by atoms with E-state index in [4.69, 9.17) is 13.8 Å². The average Bonchev–Trinajstić information content (AvgIpc) is 3.95. The van der Waals surface area contributed by atoms with Gasteiger partial charge >= 0.3 is 0 Å². The minimum atomic E-state index is -0.116. The Labute approximate surface area is 347 Å². The second kappa shape index (κ2) is 13.2. The zero-order valence-electron chi connectivity index (χ0n) is 33.2. The summed E-state index contributed by atoms with van der Waals surface area (Å²) in [4.78, 5) is 7.26. The molecule has 0 saturated heterocycles. The number of aromatic nitrogens is 1. The summed E-state index contributed by atoms with van der Waals surface area (Å²) in [5.74, 6) is 0.603. The smallest absolute Gasteiger partial charge is 0.227 e. The molecule has 0 atom stereocenters. The van der Waals surface area contributed by atoms with Crippen molar-refractivity contribution in [3.63, 3.8) is 0 Å². The molecule has 11 aromatic rings. The van der Waals surface area contributed by atoms with Gasteiger partial charge in [0.2, 0.25) is 5.89 Å². The predicted octanol–water partition coefficient (Wildman–Crippen LogP) is 15.7. The lowest BCUT2D eigenvalue weighted by Gasteiger charge is -2.29. The molecule has 1 aliphatic carbocycles. The largest absolute Gasteiger partial charge is 0.456 e. The van der Waals surface area contributed by atoms with E-state index in [-0.39, 0.29) is 5.41 Å². The highest BCUT2D eigenvalue weighted by molar-refractivity contribution is 6.10. The average molecular weight is 771 g/mol. The molecule has 284 valence electrons. The Bertz CT molecular complexity index is 3440. The fourth-order valence-electron chi connectivity index (χ4n) is 9.50. The third kappa shape index (κ3) is 5.34. The zero-order chi connectivity index (χ0) is 40.0. The number of benzene rings is 9. The second-order valence-corrected chi connectivity index (χ2v) is 16.3. The highest BCUT2D eigenvalue weighted by Crippen LogP contribution is 2.54. The summed E-state index contributed by atoms with van der Waals surface area (Å²) < 4.78 is 12.5. The molecule has 12 rings (SSSR count). The summed E-state index contributed by atoms with van der Waals surface area (Å²) in [6.45, 7) is 4.69. The normalized spacial score (nSPS) is 13.0. The minimum absolute atomic E-state index is 0.116. The number of hydrogen-bond acceptors (Lipinski definition) is 4. The van der Waals surface area contributed by atoms with Gasteiger partial charge in [-0.3, -0.25) is 0 Å². The van der Waals surface area contributed by atoms with Crippen molar-refractivity contribution in [1.29, 1.82) is 0 Å². The molecule has 0 spiro atoms. The molecule has 1 aliphatic rings. The van der Waals surface area contributed by atoms with Gasteiger partial charge < -0.3 is 13.7 Å². The monoisotopic (exact) mass is 770 g/mol. The van der Waals surface area contributed by atoms with Crippen molar-refractivity contribution in [2.75, 3.05) is 4.90 Å². The van der Waals surface area contributed by atoms with Crippen LogP contribution in [0.5, 0.6) is 0 Å². The fourth-order valence-corrected chi connectivity index (χ4v) is 9.50. The first-order valence-corrected chi connectivity index (χ1v) is 20.5. The third-order valence-corrected chi connectivity index (χ3v) is 12.5. The molecular formula is C56H38N2O2. The molecule has 0 unspecified atom stereocenters. The standard InChI is InChI=1S/C56H38N2O2/c1-56(2)47-19-9-8-17-44(47)54-48(56)20-11-21-50(54)58(41-29-24-37(25-30-41)43-18-10-15-36-12-6-7-16-42(36)43)40-27-22-35(23-28-40)39-26-31-51-45(32-39)46-33-49-53(34-52(46)59-51)60-55(57-49)38-13-4-3-5-14-38/h3-34H,1-2H3. The van der Waals surface area contributed by atoms with Crippen LogP contribution < -0.4 is 4.90 Å². The molecule has 0 saturated carbocycles. The lowest BCUT2D eigenvalue weighted by atomic mass is 9.82. The van der Waals surface area contributed by atoms with E-state index in [2.05, 4.69) is 176 Å². The highest BCUT2D eigenvalue weighted by Gasteiger charge is 2.37. The SMILES string of the molecule is CC1(C)c2ccccc2-c2c(N(c3ccc(-c4ccc5oc6cc7oc(-c8ccccc8)nc7cc6c5c4)cc3)c3ccc(-c4cccc5ccccc45)cc3)cccc21. The van der Waals surface area contributed by atoms with Gasteiger partial charge in [-0.25, -0.2) is 4.98 Å². The van der Waals surface area contributed by atoms with Crippen molar-refractivity contribution in [2.45, 2.75) is 19.3 Å². The number of fused-ring (bicyclic) bond motifs is 8. The van der Waals surface area contributed by atoms with Crippen LogP contribution in [0.15, 0.2) is 203 Å². The van der Waals surface area contributed by atoms with E-state index >= 15 is 0 Å². The summed E-state index contributed by atoms with van der Waals surface area (Å²) in [5.41, 5.74) is 17.3. The molecule has 4 nitrogen and oxygen atoms in total. The first-order valence-electron chi connectivity index (χ1n) is 20.5.